The van der Waals surface area contributed by atoms with E-state index < -0.39 is 0 Å². The zero-order valence-electron chi connectivity index (χ0n) is 9.81. The summed E-state index contributed by atoms with van der Waals surface area (Å²) in [5.74, 6) is 0. The smallest absolute Gasteiger partial charge is 0.0308 e. The van der Waals surface area contributed by atoms with Crippen molar-refractivity contribution >= 4 is 0 Å². The maximum Gasteiger partial charge on any atom is 0.0308 e. The molecule has 3 heteroatoms. The highest BCUT2D eigenvalue weighted by Crippen LogP contribution is 2.15. The van der Waals surface area contributed by atoms with Crippen LogP contribution in [0.25, 0.3) is 0 Å². The first-order valence-corrected chi connectivity index (χ1v) is 6.24. The quantitative estimate of drug-likeness (QED) is 0.841. The average molecular weight is 219 g/mol. The number of hydrogen-bond acceptors (Lipinski definition) is 3. The lowest BCUT2D eigenvalue weighted by atomic mass is 10.0. The maximum absolute atomic E-state index is 6.16. The van der Waals surface area contributed by atoms with E-state index in [0.29, 0.717) is 0 Å². The molecule has 0 spiro atoms. The van der Waals surface area contributed by atoms with E-state index in [1.807, 2.05) is 24.5 Å². The van der Waals surface area contributed by atoms with Crippen molar-refractivity contribution in [2.24, 2.45) is 5.73 Å². The van der Waals surface area contributed by atoms with Crippen LogP contribution in [0.4, 0.5) is 0 Å². The van der Waals surface area contributed by atoms with Crippen LogP contribution in [-0.4, -0.2) is 29.5 Å². The summed E-state index contributed by atoms with van der Waals surface area (Å²) in [5, 5.41) is 0. The van der Waals surface area contributed by atoms with Crippen molar-refractivity contribution in [3.8, 4) is 0 Å². The fourth-order valence-corrected chi connectivity index (χ4v) is 2.28. The molecule has 0 radical (unpaired) electrons. The molecule has 1 unspecified atom stereocenters. The first kappa shape index (κ1) is 11.6. The summed E-state index contributed by atoms with van der Waals surface area (Å²) in [4.78, 5) is 6.54. The molecule has 0 aliphatic carbocycles. The van der Waals surface area contributed by atoms with Gasteiger partial charge in [-0.05, 0) is 56.6 Å². The summed E-state index contributed by atoms with van der Waals surface area (Å²) in [6, 6.07) is 4.19. The Hall–Kier alpha value is -0.930. The molecule has 1 aliphatic rings. The van der Waals surface area contributed by atoms with Gasteiger partial charge in [-0.3, -0.25) is 4.98 Å². The molecule has 2 rings (SSSR count). The van der Waals surface area contributed by atoms with Crippen molar-refractivity contribution < 1.29 is 0 Å². The van der Waals surface area contributed by atoms with Gasteiger partial charge in [-0.15, -0.1) is 0 Å². The second-order valence-electron chi connectivity index (χ2n) is 4.58. The third kappa shape index (κ3) is 3.29. The van der Waals surface area contributed by atoms with Gasteiger partial charge in [0, 0.05) is 18.4 Å². The Balaban J connectivity index is 1.77. The monoisotopic (exact) mass is 219 g/mol. The minimum absolute atomic E-state index is 0.157. The van der Waals surface area contributed by atoms with Crippen LogP contribution < -0.4 is 5.73 Å². The van der Waals surface area contributed by atoms with Gasteiger partial charge in [0.05, 0.1) is 0 Å². The molecule has 2 heterocycles. The summed E-state index contributed by atoms with van der Waals surface area (Å²) < 4.78 is 0. The molecule has 1 aromatic heterocycles. The number of nitrogens with zero attached hydrogens (tertiary/aromatic N) is 2. The number of rotatable bonds is 4. The second-order valence-corrected chi connectivity index (χ2v) is 4.58. The van der Waals surface area contributed by atoms with Crippen LogP contribution in [0.15, 0.2) is 24.5 Å². The highest BCUT2D eigenvalue weighted by Gasteiger charge is 2.12. The number of likely N-dealkylation sites (tertiary alicyclic amines) is 1. The van der Waals surface area contributed by atoms with E-state index in [1.165, 1.54) is 37.9 Å². The molecule has 1 atom stereocenters. The largest absolute Gasteiger partial charge is 0.324 e. The van der Waals surface area contributed by atoms with Gasteiger partial charge in [0.15, 0.2) is 0 Å². The van der Waals surface area contributed by atoms with Crippen molar-refractivity contribution in [2.75, 3.05) is 19.6 Å². The molecule has 0 aromatic carbocycles. The number of pyridine rings is 1. The topological polar surface area (TPSA) is 42.1 Å². The van der Waals surface area contributed by atoms with Gasteiger partial charge in [0.25, 0.3) is 0 Å². The first-order valence-electron chi connectivity index (χ1n) is 6.24. The van der Waals surface area contributed by atoms with Gasteiger partial charge in [-0.2, -0.15) is 0 Å². The second kappa shape index (κ2) is 5.97. The van der Waals surface area contributed by atoms with Crippen molar-refractivity contribution in [3.05, 3.63) is 30.1 Å². The van der Waals surface area contributed by atoms with Gasteiger partial charge < -0.3 is 10.6 Å². The Morgan fingerprint density at radius 2 is 1.88 bits per heavy atom. The number of aromatic nitrogens is 1. The molecular weight excluding hydrogens is 198 g/mol. The number of piperidine rings is 1. The average Bonchev–Trinajstić information content (AvgIpc) is 2.38. The van der Waals surface area contributed by atoms with E-state index in [9.17, 15) is 0 Å². The molecule has 16 heavy (non-hydrogen) atoms. The van der Waals surface area contributed by atoms with Crippen LogP contribution in [0.2, 0.25) is 0 Å². The summed E-state index contributed by atoms with van der Waals surface area (Å²) in [5.41, 5.74) is 7.36. The highest BCUT2D eigenvalue weighted by atomic mass is 15.1. The van der Waals surface area contributed by atoms with Crippen LogP contribution in [-0.2, 0) is 0 Å². The summed E-state index contributed by atoms with van der Waals surface area (Å²) >= 11 is 0. The predicted octanol–water partition coefficient (Wildman–Crippen LogP) is 1.96. The molecule has 0 amide bonds. The SMILES string of the molecule is NC(CCN1CCCCC1)c1ccncc1. The zero-order chi connectivity index (χ0) is 11.2. The third-order valence-corrected chi connectivity index (χ3v) is 3.34. The molecule has 1 fully saturated rings. The molecule has 1 saturated heterocycles. The maximum atomic E-state index is 6.16. The third-order valence-electron chi connectivity index (χ3n) is 3.34. The lowest BCUT2D eigenvalue weighted by molar-refractivity contribution is 0.221. The lowest BCUT2D eigenvalue weighted by Gasteiger charge is -2.27. The Kier molecular flexibility index (Phi) is 4.31. The van der Waals surface area contributed by atoms with Gasteiger partial charge in [-0.1, -0.05) is 6.42 Å². The molecule has 2 N–H and O–H groups in total. The normalized spacial score (nSPS) is 19.6. The Labute approximate surface area is 97.7 Å². The fraction of sp³-hybridized carbons (Fsp3) is 0.615. The molecule has 3 nitrogen and oxygen atoms in total. The van der Waals surface area contributed by atoms with Crippen molar-refractivity contribution in [3.63, 3.8) is 0 Å². The van der Waals surface area contributed by atoms with Crippen LogP contribution >= 0.6 is 0 Å². The van der Waals surface area contributed by atoms with Crippen molar-refractivity contribution in [1.29, 1.82) is 0 Å². The Morgan fingerprint density at radius 3 is 2.56 bits per heavy atom. The minimum atomic E-state index is 0.157. The number of nitrogens with two attached hydrogens (primary N) is 1. The molecule has 1 aliphatic heterocycles. The fourth-order valence-electron chi connectivity index (χ4n) is 2.28. The molecular formula is C13H21N3. The minimum Gasteiger partial charge on any atom is -0.324 e. The van der Waals surface area contributed by atoms with Crippen LogP contribution in [0, 0.1) is 0 Å². The van der Waals surface area contributed by atoms with Gasteiger partial charge in [0.1, 0.15) is 0 Å². The van der Waals surface area contributed by atoms with Gasteiger partial charge in [0.2, 0.25) is 0 Å². The van der Waals surface area contributed by atoms with Crippen LogP contribution in [0.1, 0.15) is 37.3 Å². The summed E-state index contributed by atoms with van der Waals surface area (Å²) in [6.45, 7) is 3.63. The van der Waals surface area contributed by atoms with Crippen LogP contribution in [0.5, 0.6) is 0 Å². The van der Waals surface area contributed by atoms with E-state index in [-0.39, 0.29) is 6.04 Å². The van der Waals surface area contributed by atoms with Crippen molar-refractivity contribution in [1.82, 2.24) is 9.88 Å². The lowest BCUT2D eigenvalue weighted by Crippen LogP contribution is -2.32. The van der Waals surface area contributed by atoms with E-state index in [1.54, 1.807) is 0 Å². The number of hydrogen-bond donors (Lipinski definition) is 1. The van der Waals surface area contributed by atoms with Gasteiger partial charge >= 0.3 is 0 Å². The molecule has 0 bridgehead atoms. The predicted molar refractivity (Wildman–Crippen MR) is 66.1 cm³/mol. The highest BCUT2D eigenvalue weighted by molar-refractivity contribution is 5.14. The standard InChI is InChI=1S/C13H21N3/c14-13(12-4-7-15-8-5-12)6-11-16-9-2-1-3-10-16/h4-5,7-8,13H,1-3,6,9-11,14H2. The van der Waals surface area contributed by atoms with Crippen LogP contribution in [0.3, 0.4) is 0 Å². The van der Waals surface area contributed by atoms with E-state index in [0.717, 1.165) is 13.0 Å². The van der Waals surface area contributed by atoms with E-state index in [2.05, 4.69) is 9.88 Å². The molecule has 0 saturated carbocycles. The van der Waals surface area contributed by atoms with Crippen molar-refractivity contribution in [2.45, 2.75) is 31.7 Å². The van der Waals surface area contributed by atoms with Gasteiger partial charge in [-0.25, -0.2) is 0 Å². The van der Waals surface area contributed by atoms with E-state index in [4.69, 9.17) is 5.73 Å². The Bertz CT molecular complexity index is 293. The first-order chi connectivity index (χ1) is 7.86. The molecule has 1 aromatic rings. The van der Waals surface area contributed by atoms with E-state index >= 15 is 0 Å². The summed E-state index contributed by atoms with van der Waals surface area (Å²) in [6.07, 6.45) is 8.78. The summed E-state index contributed by atoms with van der Waals surface area (Å²) in [7, 11) is 0. The Morgan fingerprint density at radius 1 is 1.19 bits per heavy atom. The molecule has 88 valence electrons. The zero-order valence-corrected chi connectivity index (χ0v) is 9.81.